The molecular formula is C17H19FN5O3S+. The van der Waals surface area contributed by atoms with Gasteiger partial charge in [0.25, 0.3) is 17.8 Å². The third-order valence-electron chi connectivity index (χ3n) is 4.28. The van der Waals surface area contributed by atoms with Gasteiger partial charge in [0.05, 0.1) is 12.3 Å². The smallest absolute Gasteiger partial charge is 0.325 e. The predicted octanol–water partition coefficient (Wildman–Crippen LogP) is 1.19. The standard InChI is InChI=1S/C17H18FN5O3S/c1-4-23-13-14(21(2)17(26)22(3)15(13)25)20-16(23)27-9-12(24)19-11-7-5-6-10(18)8-11/h5-8,13H,4,9H2,1-3H3/p+1. The van der Waals surface area contributed by atoms with E-state index in [4.69, 9.17) is 0 Å². The summed E-state index contributed by atoms with van der Waals surface area (Å²) in [5.74, 6) is -0.713. The number of carbonyl (C=O) groups excluding carboxylic acids is 3. The van der Waals surface area contributed by atoms with E-state index < -0.39 is 17.9 Å². The molecule has 0 spiro atoms. The molecule has 1 unspecified atom stereocenters. The lowest BCUT2D eigenvalue weighted by Crippen LogP contribution is -2.61. The van der Waals surface area contributed by atoms with Crippen molar-refractivity contribution < 1.29 is 23.3 Å². The van der Waals surface area contributed by atoms with Gasteiger partial charge in [0.15, 0.2) is 0 Å². The molecule has 1 fully saturated rings. The molecule has 0 aromatic heterocycles. The average molecular weight is 392 g/mol. The Kier molecular flexibility index (Phi) is 5.26. The molecule has 1 saturated heterocycles. The van der Waals surface area contributed by atoms with Crippen molar-refractivity contribution in [3.63, 3.8) is 0 Å². The summed E-state index contributed by atoms with van der Waals surface area (Å²) in [5, 5.41) is 3.11. The van der Waals surface area contributed by atoms with Crippen molar-refractivity contribution in [2.75, 3.05) is 31.7 Å². The van der Waals surface area contributed by atoms with E-state index in [0.717, 1.165) is 16.7 Å². The number of thioether (sulfide) groups is 1. The second-order valence-electron chi connectivity index (χ2n) is 6.03. The lowest BCUT2D eigenvalue weighted by molar-refractivity contribution is -0.529. The van der Waals surface area contributed by atoms with Crippen LogP contribution in [0.2, 0.25) is 0 Å². The van der Waals surface area contributed by atoms with Crippen LogP contribution in [0.25, 0.3) is 0 Å². The molecule has 2 aliphatic heterocycles. The SMILES string of the molecule is CC[N+]1=C(SCC(=O)Nc2cccc(F)c2)N=C2C1C(=O)N(C)C(=O)N2C. The van der Waals surface area contributed by atoms with Crippen molar-refractivity contribution in [2.45, 2.75) is 13.0 Å². The largest absolute Gasteiger partial charge is 0.358 e. The maximum atomic E-state index is 13.2. The molecular weight excluding hydrogens is 373 g/mol. The Labute approximate surface area is 159 Å². The number of likely N-dealkylation sites (N-methyl/N-ethyl adjacent to an activating group) is 3. The van der Waals surface area contributed by atoms with E-state index in [9.17, 15) is 18.8 Å². The zero-order chi connectivity index (χ0) is 19.7. The van der Waals surface area contributed by atoms with E-state index in [-0.39, 0.29) is 17.6 Å². The van der Waals surface area contributed by atoms with Gasteiger partial charge in [0.2, 0.25) is 5.91 Å². The molecule has 1 N–H and O–H groups in total. The lowest BCUT2D eigenvalue weighted by atomic mass is 10.1. The van der Waals surface area contributed by atoms with Gasteiger partial charge in [-0.15, -0.1) is 0 Å². The van der Waals surface area contributed by atoms with Crippen molar-refractivity contribution in [1.29, 1.82) is 0 Å². The van der Waals surface area contributed by atoms with Gasteiger partial charge >= 0.3 is 11.2 Å². The fourth-order valence-corrected chi connectivity index (χ4v) is 3.79. The van der Waals surface area contributed by atoms with Crippen LogP contribution >= 0.6 is 11.8 Å². The van der Waals surface area contributed by atoms with Crippen LogP contribution in [-0.4, -0.2) is 75.7 Å². The summed E-state index contributed by atoms with van der Waals surface area (Å²) in [6.07, 6.45) is 0. The molecule has 2 aliphatic rings. The minimum absolute atomic E-state index is 0.0353. The van der Waals surface area contributed by atoms with Crippen molar-refractivity contribution in [1.82, 2.24) is 9.80 Å². The number of carbonyl (C=O) groups is 3. The highest BCUT2D eigenvalue weighted by Gasteiger charge is 2.52. The predicted molar refractivity (Wildman–Crippen MR) is 100 cm³/mol. The van der Waals surface area contributed by atoms with Crippen LogP contribution in [0, 0.1) is 5.82 Å². The summed E-state index contributed by atoms with van der Waals surface area (Å²) in [6, 6.07) is 4.51. The minimum atomic E-state index is -0.670. The van der Waals surface area contributed by atoms with E-state index >= 15 is 0 Å². The molecule has 8 nitrogen and oxygen atoms in total. The van der Waals surface area contributed by atoms with Gasteiger partial charge in [-0.05, 0) is 41.9 Å². The summed E-state index contributed by atoms with van der Waals surface area (Å²) < 4.78 is 15.0. The fraction of sp³-hybridized carbons (Fsp3) is 0.353. The number of hydrogen-bond acceptors (Lipinski definition) is 5. The van der Waals surface area contributed by atoms with E-state index in [0.29, 0.717) is 23.2 Å². The second-order valence-corrected chi connectivity index (χ2v) is 6.97. The molecule has 142 valence electrons. The fourth-order valence-electron chi connectivity index (χ4n) is 2.90. The van der Waals surface area contributed by atoms with Gasteiger partial charge in [-0.1, -0.05) is 6.07 Å². The van der Waals surface area contributed by atoms with Gasteiger partial charge in [0.1, 0.15) is 5.82 Å². The molecule has 0 saturated carbocycles. The number of nitrogens with zero attached hydrogens (tertiary/aromatic N) is 4. The number of imide groups is 1. The number of amides is 4. The van der Waals surface area contributed by atoms with Crippen LogP contribution in [0.4, 0.5) is 14.9 Å². The van der Waals surface area contributed by atoms with Gasteiger partial charge in [-0.3, -0.25) is 19.4 Å². The van der Waals surface area contributed by atoms with Gasteiger partial charge < -0.3 is 5.32 Å². The van der Waals surface area contributed by atoms with Gasteiger partial charge in [0, 0.05) is 19.8 Å². The Morgan fingerprint density at radius 3 is 2.74 bits per heavy atom. The summed E-state index contributed by atoms with van der Waals surface area (Å²) in [5.41, 5.74) is 0.367. The Balaban J connectivity index is 1.73. The van der Waals surface area contributed by atoms with Crippen molar-refractivity contribution in [3.05, 3.63) is 30.1 Å². The third kappa shape index (κ3) is 3.57. The maximum absolute atomic E-state index is 13.2. The number of rotatable bonds is 4. The van der Waals surface area contributed by atoms with Crippen LogP contribution in [0.3, 0.4) is 0 Å². The molecule has 27 heavy (non-hydrogen) atoms. The highest BCUT2D eigenvalue weighted by molar-refractivity contribution is 8.14. The zero-order valence-electron chi connectivity index (χ0n) is 15.1. The number of anilines is 1. The van der Waals surface area contributed by atoms with E-state index in [1.807, 2.05) is 6.92 Å². The second kappa shape index (κ2) is 7.47. The topological polar surface area (TPSA) is 85.1 Å². The normalized spacial score (nSPS) is 19.4. The molecule has 0 bridgehead atoms. The highest BCUT2D eigenvalue weighted by Crippen LogP contribution is 2.22. The number of amidine groups is 2. The summed E-state index contributed by atoms with van der Waals surface area (Å²) in [7, 11) is 3.00. The highest BCUT2D eigenvalue weighted by atomic mass is 32.2. The monoisotopic (exact) mass is 392 g/mol. The Bertz CT molecular complexity index is 885. The first-order chi connectivity index (χ1) is 12.8. The molecule has 2 heterocycles. The van der Waals surface area contributed by atoms with E-state index in [1.54, 1.807) is 17.7 Å². The molecule has 4 amide bonds. The molecule has 1 aromatic rings. The summed E-state index contributed by atoms with van der Waals surface area (Å²) in [4.78, 5) is 43.6. The molecule has 0 aliphatic carbocycles. The first-order valence-corrected chi connectivity index (χ1v) is 9.27. The quantitative estimate of drug-likeness (QED) is 0.780. The van der Waals surface area contributed by atoms with E-state index in [2.05, 4.69) is 10.3 Å². The van der Waals surface area contributed by atoms with Crippen molar-refractivity contribution in [3.8, 4) is 0 Å². The van der Waals surface area contributed by atoms with Crippen LogP contribution < -0.4 is 5.32 Å². The van der Waals surface area contributed by atoms with Crippen LogP contribution in [-0.2, 0) is 9.59 Å². The number of benzene rings is 1. The number of aliphatic imine (C=N–C) groups is 1. The average Bonchev–Trinajstić information content (AvgIpc) is 3.01. The number of nitrogens with one attached hydrogen (secondary N) is 1. The molecule has 1 atom stereocenters. The first kappa shape index (κ1) is 19.0. The van der Waals surface area contributed by atoms with Crippen LogP contribution in [0.5, 0.6) is 0 Å². The number of hydrogen-bond donors (Lipinski definition) is 1. The van der Waals surface area contributed by atoms with Crippen LogP contribution in [0.15, 0.2) is 29.3 Å². The van der Waals surface area contributed by atoms with Gasteiger partial charge in [-0.2, -0.15) is 0 Å². The zero-order valence-corrected chi connectivity index (χ0v) is 15.9. The lowest BCUT2D eigenvalue weighted by Gasteiger charge is -2.30. The maximum Gasteiger partial charge on any atom is 0.358 e. The molecule has 1 aromatic carbocycles. The minimum Gasteiger partial charge on any atom is -0.325 e. The number of fused-ring (bicyclic) bond motifs is 1. The van der Waals surface area contributed by atoms with Crippen molar-refractivity contribution >= 4 is 46.3 Å². The molecule has 10 heteroatoms. The van der Waals surface area contributed by atoms with Crippen LogP contribution in [0.1, 0.15) is 6.92 Å². The molecule has 3 rings (SSSR count). The Hall–Kier alpha value is -2.75. The summed E-state index contributed by atoms with van der Waals surface area (Å²) >= 11 is 1.16. The summed E-state index contributed by atoms with van der Waals surface area (Å²) in [6.45, 7) is 2.36. The van der Waals surface area contributed by atoms with E-state index in [1.165, 1.54) is 30.1 Å². The number of urea groups is 1. The first-order valence-electron chi connectivity index (χ1n) is 8.29. The van der Waals surface area contributed by atoms with Crippen molar-refractivity contribution in [2.24, 2.45) is 4.99 Å². The third-order valence-corrected chi connectivity index (χ3v) is 5.27. The van der Waals surface area contributed by atoms with Gasteiger partial charge in [-0.25, -0.2) is 13.8 Å². The Morgan fingerprint density at radius 1 is 1.33 bits per heavy atom. The Morgan fingerprint density at radius 2 is 2.07 bits per heavy atom. The number of halogens is 1. The molecule has 0 radical (unpaired) electrons.